The van der Waals surface area contributed by atoms with Gasteiger partial charge in [0.05, 0.1) is 18.8 Å². The summed E-state index contributed by atoms with van der Waals surface area (Å²) in [7, 11) is 1.70. The van der Waals surface area contributed by atoms with Gasteiger partial charge in [-0.2, -0.15) is 5.10 Å². The fourth-order valence-corrected chi connectivity index (χ4v) is 2.86. The minimum Gasteiger partial charge on any atom is -0.345 e. The number of H-pyrrole nitrogens is 1. The van der Waals surface area contributed by atoms with E-state index in [4.69, 9.17) is 0 Å². The summed E-state index contributed by atoms with van der Waals surface area (Å²) in [6.07, 6.45) is 2.79. The van der Waals surface area contributed by atoms with Crippen LogP contribution in [0.2, 0.25) is 0 Å². The second-order valence-corrected chi connectivity index (χ2v) is 6.53. The van der Waals surface area contributed by atoms with Gasteiger partial charge < -0.3 is 15.2 Å². The SMILES string of the molecule is Cc1cnc(CN(C)C(=O)NCCN2N=C(c3ccccc3)CCC2=O)[nH]1. The number of hydrazone groups is 1. The standard InChI is InChI=1S/C19H24N6O2/c1-14-12-21-17(22-14)13-24(2)19(27)20-10-11-25-18(26)9-8-16(23-25)15-6-4-3-5-7-15/h3-7,12H,8-11,13H2,1-2H3,(H,20,27)(H,21,22). The fraction of sp³-hybridized carbons (Fsp3) is 0.368. The molecule has 0 saturated heterocycles. The molecule has 2 heterocycles. The maximum atomic E-state index is 12.2. The van der Waals surface area contributed by atoms with Crippen molar-refractivity contribution >= 4 is 17.6 Å². The number of hydrogen-bond donors (Lipinski definition) is 2. The van der Waals surface area contributed by atoms with Crippen molar-refractivity contribution in [2.45, 2.75) is 26.3 Å². The van der Waals surface area contributed by atoms with Crippen molar-refractivity contribution in [3.8, 4) is 0 Å². The second kappa shape index (κ2) is 8.48. The number of aryl methyl sites for hydroxylation is 1. The van der Waals surface area contributed by atoms with Crippen molar-refractivity contribution in [3.63, 3.8) is 0 Å². The summed E-state index contributed by atoms with van der Waals surface area (Å²) in [5.41, 5.74) is 2.87. The number of rotatable bonds is 6. The molecule has 0 bridgehead atoms. The van der Waals surface area contributed by atoms with E-state index in [1.54, 1.807) is 13.2 Å². The molecule has 0 aliphatic carbocycles. The Balaban J connectivity index is 1.51. The van der Waals surface area contributed by atoms with Crippen LogP contribution in [0.3, 0.4) is 0 Å². The van der Waals surface area contributed by atoms with Crippen LogP contribution in [0.15, 0.2) is 41.6 Å². The summed E-state index contributed by atoms with van der Waals surface area (Å²) < 4.78 is 0. The molecule has 0 atom stereocenters. The van der Waals surface area contributed by atoms with Crippen LogP contribution in [0.5, 0.6) is 0 Å². The van der Waals surface area contributed by atoms with E-state index in [9.17, 15) is 9.59 Å². The van der Waals surface area contributed by atoms with E-state index < -0.39 is 0 Å². The Kier molecular flexibility index (Phi) is 5.85. The van der Waals surface area contributed by atoms with Gasteiger partial charge in [0.15, 0.2) is 0 Å². The van der Waals surface area contributed by atoms with Gasteiger partial charge in [0, 0.05) is 38.3 Å². The van der Waals surface area contributed by atoms with Gasteiger partial charge in [0.25, 0.3) is 0 Å². The molecule has 3 rings (SSSR count). The number of aromatic amines is 1. The number of hydrogen-bond acceptors (Lipinski definition) is 4. The summed E-state index contributed by atoms with van der Waals surface area (Å²) in [5, 5.41) is 8.73. The molecule has 0 radical (unpaired) electrons. The molecule has 0 fully saturated rings. The Morgan fingerprint density at radius 1 is 1.30 bits per heavy atom. The third kappa shape index (κ3) is 4.93. The van der Waals surface area contributed by atoms with Gasteiger partial charge in [-0.15, -0.1) is 0 Å². The van der Waals surface area contributed by atoms with Crippen LogP contribution in [0.4, 0.5) is 4.79 Å². The third-order valence-electron chi connectivity index (χ3n) is 4.30. The van der Waals surface area contributed by atoms with E-state index in [0.29, 0.717) is 32.5 Å². The van der Waals surface area contributed by atoms with Crippen LogP contribution >= 0.6 is 0 Å². The summed E-state index contributed by atoms with van der Waals surface area (Å²) >= 11 is 0. The lowest BCUT2D eigenvalue weighted by Gasteiger charge is -2.24. The zero-order chi connectivity index (χ0) is 19.2. The lowest BCUT2D eigenvalue weighted by atomic mass is 10.0. The van der Waals surface area contributed by atoms with E-state index in [1.165, 1.54) is 9.91 Å². The van der Waals surface area contributed by atoms with Crippen LogP contribution in [0.25, 0.3) is 0 Å². The second-order valence-electron chi connectivity index (χ2n) is 6.53. The lowest BCUT2D eigenvalue weighted by molar-refractivity contribution is -0.131. The van der Waals surface area contributed by atoms with Crippen molar-refractivity contribution in [1.82, 2.24) is 25.2 Å². The number of carbonyl (C=O) groups is 2. The molecular weight excluding hydrogens is 344 g/mol. The van der Waals surface area contributed by atoms with Gasteiger partial charge in [0.1, 0.15) is 5.82 Å². The predicted octanol–water partition coefficient (Wildman–Crippen LogP) is 1.89. The number of urea groups is 1. The smallest absolute Gasteiger partial charge is 0.317 e. The molecule has 1 aliphatic rings. The lowest BCUT2D eigenvalue weighted by Crippen LogP contribution is -2.42. The highest BCUT2D eigenvalue weighted by Gasteiger charge is 2.21. The summed E-state index contributed by atoms with van der Waals surface area (Å²) in [6.45, 7) is 2.97. The number of nitrogens with one attached hydrogen (secondary N) is 2. The molecule has 0 spiro atoms. The fourth-order valence-electron chi connectivity index (χ4n) is 2.86. The first-order valence-corrected chi connectivity index (χ1v) is 8.95. The van der Waals surface area contributed by atoms with Crippen molar-refractivity contribution in [2.75, 3.05) is 20.1 Å². The Morgan fingerprint density at radius 2 is 2.07 bits per heavy atom. The van der Waals surface area contributed by atoms with Gasteiger partial charge in [-0.1, -0.05) is 30.3 Å². The molecule has 2 N–H and O–H groups in total. The van der Waals surface area contributed by atoms with Crippen molar-refractivity contribution < 1.29 is 9.59 Å². The summed E-state index contributed by atoms with van der Waals surface area (Å²) in [6, 6.07) is 9.61. The zero-order valence-electron chi connectivity index (χ0n) is 15.6. The topological polar surface area (TPSA) is 93.7 Å². The van der Waals surface area contributed by atoms with Crippen LogP contribution < -0.4 is 5.32 Å². The maximum Gasteiger partial charge on any atom is 0.317 e. The first-order chi connectivity index (χ1) is 13.0. The monoisotopic (exact) mass is 368 g/mol. The number of nitrogens with zero attached hydrogens (tertiary/aromatic N) is 4. The number of aromatic nitrogens is 2. The average Bonchev–Trinajstić information content (AvgIpc) is 3.08. The minimum atomic E-state index is -0.222. The minimum absolute atomic E-state index is 0.0247. The van der Waals surface area contributed by atoms with Gasteiger partial charge in [-0.05, 0) is 12.5 Å². The highest BCUT2D eigenvalue weighted by molar-refractivity contribution is 6.04. The maximum absolute atomic E-state index is 12.2. The van der Waals surface area contributed by atoms with Crippen molar-refractivity contribution in [1.29, 1.82) is 0 Å². The first kappa shape index (κ1) is 18.6. The quantitative estimate of drug-likeness (QED) is 0.815. The van der Waals surface area contributed by atoms with Gasteiger partial charge in [-0.25, -0.2) is 14.8 Å². The van der Waals surface area contributed by atoms with E-state index >= 15 is 0 Å². The number of benzene rings is 1. The Morgan fingerprint density at radius 3 is 2.78 bits per heavy atom. The van der Waals surface area contributed by atoms with E-state index in [-0.39, 0.29) is 11.9 Å². The molecule has 1 aromatic heterocycles. The Hall–Kier alpha value is -3.16. The number of imidazole rings is 1. The zero-order valence-corrected chi connectivity index (χ0v) is 15.6. The molecule has 0 unspecified atom stereocenters. The van der Waals surface area contributed by atoms with Crippen LogP contribution in [-0.4, -0.2) is 57.7 Å². The Labute approximate surface area is 158 Å². The molecule has 3 amide bonds. The van der Waals surface area contributed by atoms with Crippen LogP contribution in [0, 0.1) is 6.92 Å². The normalized spacial score (nSPS) is 14.1. The van der Waals surface area contributed by atoms with Crippen LogP contribution in [0.1, 0.15) is 29.9 Å². The Bertz CT molecular complexity index is 830. The van der Waals surface area contributed by atoms with Crippen molar-refractivity contribution in [2.24, 2.45) is 5.10 Å². The van der Waals surface area contributed by atoms with E-state index in [1.807, 2.05) is 37.3 Å². The molecule has 0 saturated carbocycles. The van der Waals surface area contributed by atoms with Gasteiger partial charge in [-0.3, -0.25) is 4.79 Å². The van der Waals surface area contributed by atoms with Gasteiger partial charge >= 0.3 is 6.03 Å². The van der Waals surface area contributed by atoms with Gasteiger partial charge in [0.2, 0.25) is 5.91 Å². The number of carbonyl (C=O) groups excluding carboxylic acids is 2. The number of amides is 3. The van der Waals surface area contributed by atoms with E-state index in [0.717, 1.165) is 22.8 Å². The highest BCUT2D eigenvalue weighted by atomic mass is 16.2. The average molecular weight is 368 g/mol. The molecule has 8 nitrogen and oxygen atoms in total. The molecule has 8 heteroatoms. The largest absolute Gasteiger partial charge is 0.345 e. The molecule has 1 aliphatic heterocycles. The molecule has 27 heavy (non-hydrogen) atoms. The molecule has 2 aromatic rings. The summed E-state index contributed by atoms with van der Waals surface area (Å²) in [5.74, 6) is 0.705. The predicted molar refractivity (Wildman–Crippen MR) is 102 cm³/mol. The highest BCUT2D eigenvalue weighted by Crippen LogP contribution is 2.14. The van der Waals surface area contributed by atoms with Crippen LogP contribution in [-0.2, 0) is 11.3 Å². The van der Waals surface area contributed by atoms with E-state index in [2.05, 4.69) is 20.4 Å². The summed E-state index contributed by atoms with van der Waals surface area (Å²) in [4.78, 5) is 33.1. The molecular formula is C19H24N6O2. The molecule has 1 aromatic carbocycles. The van der Waals surface area contributed by atoms with Crippen molar-refractivity contribution in [3.05, 3.63) is 53.6 Å². The molecule has 142 valence electrons. The first-order valence-electron chi connectivity index (χ1n) is 8.95. The third-order valence-corrected chi connectivity index (χ3v) is 4.30.